The van der Waals surface area contributed by atoms with Gasteiger partial charge in [0.2, 0.25) is 0 Å². The maximum atomic E-state index is 3.48. The Morgan fingerprint density at radius 3 is 1.93 bits per heavy atom. The molecule has 0 radical (unpaired) electrons. The molecule has 0 saturated heterocycles. The zero-order chi connectivity index (χ0) is 10.9. The van der Waals surface area contributed by atoms with Gasteiger partial charge in [0.15, 0.2) is 0 Å². The number of unbranched alkanes of at least 4 members (excludes halogenated alkanes) is 4. The van der Waals surface area contributed by atoms with Crippen LogP contribution < -0.4 is 0 Å². The summed E-state index contributed by atoms with van der Waals surface area (Å²) in [5.41, 5.74) is 0. The van der Waals surface area contributed by atoms with Crippen molar-refractivity contribution < 1.29 is 4.48 Å². The summed E-state index contributed by atoms with van der Waals surface area (Å²) in [7, 11) is 4.72. The van der Waals surface area contributed by atoms with Gasteiger partial charge in [0.05, 0.1) is 27.2 Å². The molecule has 0 rings (SSSR count). The lowest BCUT2D eigenvalue weighted by molar-refractivity contribution is -0.890. The van der Waals surface area contributed by atoms with Crippen molar-refractivity contribution in [2.45, 2.75) is 45.4 Å². The fourth-order valence-electron chi connectivity index (χ4n) is 1.71. The average Bonchev–Trinajstić information content (AvgIpc) is 2.13. The van der Waals surface area contributed by atoms with Crippen LogP contribution in [0.15, 0.2) is 0 Å². The van der Waals surface area contributed by atoms with E-state index in [2.05, 4.69) is 36.9 Å². The molecule has 0 aliphatic carbocycles. The van der Waals surface area contributed by atoms with Gasteiger partial charge >= 0.3 is 0 Å². The molecule has 0 unspecified atom stereocenters. The smallest absolute Gasteiger partial charge is 0.0782 e. The largest absolute Gasteiger partial charge is 0.328 e. The van der Waals surface area contributed by atoms with Crippen LogP contribution in [0.1, 0.15) is 45.4 Å². The zero-order valence-electron chi connectivity index (χ0n) is 10.2. The van der Waals surface area contributed by atoms with E-state index in [1.807, 2.05) is 0 Å². The molecule has 0 heterocycles. The van der Waals surface area contributed by atoms with Crippen LogP contribution in [0.2, 0.25) is 0 Å². The van der Waals surface area contributed by atoms with Crippen LogP contribution >= 0.6 is 15.9 Å². The fourth-order valence-corrected chi connectivity index (χ4v) is 2.11. The number of hydrogen-bond donors (Lipinski definition) is 0. The molecule has 0 aliphatic heterocycles. The highest BCUT2D eigenvalue weighted by Gasteiger charge is 2.12. The van der Waals surface area contributed by atoms with Crippen LogP contribution in [0.3, 0.4) is 0 Å². The normalized spacial score (nSPS) is 12.0. The first kappa shape index (κ1) is 14.4. The molecule has 0 amide bonds. The molecule has 0 spiro atoms. The topological polar surface area (TPSA) is 0 Å². The maximum Gasteiger partial charge on any atom is 0.0782 e. The van der Waals surface area contributed by atoms with Crippen LogP contribution in [0.4, 0.5) is 0 Å². The third-order valence-corrected chi connectivity index (χ3v) is 3.32. The average molecular weight is 265 g/mol. The van der Waals surface area contributed by atoms with E-state index in [-0.39, 0.29) is 0 Å². The van der Waals surface area contributed by atoms with Crippen molar-refractivity contribution in [3.8, 4) is 0 Å². The number of alkyl halides is 1. The molecule has 0 N–H and O–H groups in total. The highest BCUT2D eigenvalue weighted by atomic mass is 79.9. The zero-order valence-corrected chi connectivity index (χ0v) is 11.8. The summed E-state index contributed by atoms with van der Waals surface area (Å²) in [4.78, 5) is 0. The summed E-state index contributed by atoms with van der Waals surface area (Å²) in [6, 6.07) is 0. The molecule has 0 atom stereocenters. The lowest BCUT2D eigenvalue weighted by atomic mass is 10.2. The van der Waals surface area contributed by atoms with E-state index in [4.69, 9.17) is 0 Å². The number of quaternary nitrogens is 1. The highest BCUT2D eigenvalue weighted by Crippen LogP contribution is 2.07. The van der Waals surface area contributed by atoms with Crippen LogP contribution in [-0.4, -0.2) is 37.0 Å². The summed E-state index contributed by atoms with van der Waals surface area (Å²) in [5.74, 6) is 0. The first-order chi connectivity index (χ1) is 6.62. The Labute approximate surface area is 98.6 Å². The molecule has 0 aromatic carbocycles. The molecular formula is C12H27BrN+. The molecule has 0 aliphatic rings. The molecule has 86 valence electrons. The molecule has 0 fully saturated rings. The second-order valence-corrected chi connectivity index (χ2v) is 5.63. The van der Waals surface area contributed by atoms with Crippen molar-refractivity contribution in [3.05, 3.63) is 0 Å². The van der Waals surface area contributed by atoms with Crippen LogP contribution in [0, 0.1) is 0 Å². The Morgan fingerprint density at radius 1 is 0.857 bits per heavy atom. The molecule has 0 aromatic rings. The van der Waals surface area contributed by atoms with E-state index < -0.39 is 0 Å². The number of rotatable bonds is 9. The summed E-state index contributed by atoms with van der Waals surface area (Å²) in [6.45, 7) is 4.95. The number of halogens is 1. The van der Waals surface area contributed by atoms with Gasteiger partial charge in [-0.2, -0.15) is 0 Å². The minimum absolute atomic E-state index is 1.16. The van der Waals surface area contributed by atoms with Crippen molar-refractivity contribution in [1.82, 2.24) is 0 Å². The van der Waals surface area contributed by atoms with Crippen molar-refractivity contribution in [2.75, 3.05) is 32.5 Å². The first-order valence-electron chi connectivity index (χ1n) is 6.00. The van der Waals surface area contributed by atoms with Crippen molar-refractivity contribution >= 4 is 15.9 Å². The van der Waals surface area contributed by atoms with Crippen molar-refractivity contribution in [2.24, 2.45) is 0 Å². The molecule has 0 saturated carbocycles. The summed E-state index contributed by atoms with van der Waals surface area (Å²) in [6.07, 6.45) is 8.23. The quantitative estimate of drug-likeness (QED) is 0.338. The van der Waals surface area contributed by atoms with Crippen molar-refractivity contribution in [1.29, 1.82) is 0 Å². The second-order valence-electron chi connectivity index (χ2n) is 4.84. The number of hydrogen-bond acceptors (Lipinski definition) is 0. The van der Waals surface area contributed by atoms with Crippen LogP contribution in [0.25, 0.3) is 0 Å². The van der Waals surface area contributed by atoms with Gasteiger partial charge in [-0.3, -0.25) is 0 Å². The Hall–Kier alpha value is 0.440. The molecular weight excluding hydrogens is 238 g/mol. The van der Waals surface area contributed by atoms with Gasteiger partial charge in [0, 0.05) is 5.33 Å². The van der Waals surface area contributed by atoms with Crippen molar-refractivity contribution in [3.63, 3.8) is 0 Å². The van der Waals surface area contributed by atoms with Gasteiger partial charge in [-0.25, -0.2) is 0 Å². The van der Waals surface area contributed by atoms with Gasteiger partial charge in [-0.05, 0) is 25.7 Å². The summed E-state index contributed by atoms with van der Waals surface area (Å²) in [5, 5.41) is 1.16. The van der Waals surface area contributed by atoms with Gasteiger partial charge in [0.25, 0.3) is 0 Å². The maximum absolute atomic E-state index is 3.48. The molecule has 1 nitrogen and oxygen atoms in total. The first-order valence-corrected chi connectivity index (χ1v) is 7.12. The van der Waals surface area contributed by atoms with Gasteiger partial charge in [-0.1, -0.05) is 35.7 Å². The standard InChI is InChI=1S/C12H27BrN/c1-4-5-6-8-11-14(2,3)12-9-7-10-13/h4-12H2,1-3H3/q+1. The fraction of sp³-hybridized carbons (Fsp3) is 1.00. The predicted octanol–water partition coefficient (Wildman–Crippen LogP) is 3.82. The Morgan fingerprint density at radius 2 is 1.43 bits per heavy atom. The Balaban J connectivity index is 3.40. The highest BCUT2D eigenvalue weighted by molar-refractivity contribution is 9.09. The summed E-state index contributed by atoms with van der Waals surface area (Å²) >= 11 is 3.48. The lowest BCUT2D eigenvalue weighted by Crippen LogP contribution is -2.41. The number of nitrogens with zero attached hydrogens (tertiary/aromatic N) is 1. The van der Waals surface area contributed by atoms with E-state index >= 15 is 0 Å². The lowest BCUT2D eigenvalue weighted by Gasteiger charge is -2.29. The van der Waals surface area contributed by atoms with E-state index in [0.717, 1.165) is 5.33 Å². The predicted molar refractivity (Wildman–Crippen MR) is 69.0 cm³/mol. The van der Waals surface area contributed by atoms with E-state index in [1.165, 1.54) is 56.1 Å². The monoisotopic (exact) mass is 264 g/mol. The van der Waals surface area contributed by atoms with Crippen LogP contribution in [-0.2, 0) is 0 Å². The van der Waals surface area contributed by atoms with E-state index in [0.29, 0.717) is 0 Å². The molecule has 2 heteroatoms. The molecule has 0 aromatic heterocycles. The van der Waals surface area contributed by atoms with Gasteiger partial charge in [0.1, 0.15) is 0 Å². The van der Waals surface area contributed by atoms with Gasteiger partial charge < -0.3 is 4.48 Å². The third-order valence-electron chi connectivity index (χ3n) is 2.76. The van der Waals surface area contributed by atoms with E-state index in [1.54, 1.807) is 0 Å². The Kier molecular flexibility index (Phi) is 9.00. The van der Waals surface area contributed by atoms with E-state index in [9.17, 15) is 0 Å². The van der Waals surface area contributed by atoms with Crippen LogP contribution in [0.5, 0.6) is 0 Å². The second kappa shape index (κ2) is 8.72. The Bertz CT molecular complexity index is 123. The minimum atomic E-state index is 1.16. The SMILES string of the molecule is CCCCCC[N+](C)(C)CCCCBr. The third kappa shape index (κ3) is 9.01. The molecule has 0 bridgehead atoms. The summed E-state index contributed by atoms with van der Waals surface area (Å²) < 4.78 is 1.21. The molecule has 14 heavy (non-hydrogen) atoms. The van der Waals surface area contributed by atoms with Gasteiger partial charge in [-0.15, -0.1) is 0 Å². The minimum Gasteiger partial charge on any atom is -0.328 e.